The standard InChI is InChI=1S/C10H17N5O3S/c11-6-9-7-15(13-12-9)8-10(16)14-2-1-4-19(17,18)5-3-14/h7H,1-6,8,11H2. The van der Waals surface area contributed by atoms with E-state index in [2.05, 4.69) is 10.3 Å². The zero-order valence-electron chi connectivity index (χ0n) is 10.5. The lowest BCUT2D eigenvalue weighted by Gasteiger charge is -2.19. The second kappa shape index (κ2) is 5.66. The largest absolute Gasteiger partial charge is 0.340 e. The van der Waals surface area contributed by atoms with Gasteiger partial charge in [-0.25, -0.2) is 13.1 Å². The molecule has 0 spiro atoms. The minimum atomic E-state index is -3.00. The Balaban J connectivity index is 1.96. The van der Waals surface area contributed by atoms with Crippen LogP contribution in [0, 0.1) is 0 Å². The fourth-order valence-electron chi connectivity index (χ4n) is 1.94. The van der Waals surface area contributed by atoms with Gasteiger partial charge in [-0.2, -0.15) is 0 Å². The molecule has 1 aromatic rings. The Bertz CT molecular complexity index is 553. The van der Waals surface area contributed by atoms with Crippen LogP contribution in [0.5, 0.6) is 0 Å². The summed E-state index contributed by atoms with van der Waals surface area (Å²) in [6.07, 6.45) is 2.10. The van der Waals surface area contributed by atoms with Crippen LogP contribution >= 0.6 is 0 Å². The molecule has 0 saturated carbocycles. The van der Waals surface area contributed by atoms with Gasteiger partial charge in [0.05, 0.1) is 23.4 Å². The van der Waals surface area contributed by atoms with Crippen LogP contribution in [0.25, 0.3) is 0 Å². The number of aromatic nitrogens is 3. The van der Waals surface area contributed by atoms with Gasteiger partial charge >= 0.3 is 0 Å². The first-order valence-electron chi connectivity index (χ1n) is 6.07. The smallest absolute Gasteiger partial charge is 0.244 e. The summed E-state index contributed by atoms with van der Waals surface area (Å²) in [5, 5.41) is 7.59. The number of sulfone groups is 1. The third kappa shape index (κ3) is 3.74. The van der Waals surface area contributed by atoms with Gasteiger partial charge in [0, 0.05) is 19.6 Å². The van der Waals surface area contributed by atoms with Gasteiger partial charge in [-0.1, -0.05) is 5.21 Å². The summed E-state index contributed by atoms with van der Waals surface area (Å²) in [5.74, 6) is 0.0345. The maximum atomic E-state index is 12.0. The normalized spacial score (nSPS) is 19.1. The van der Waals surface area contributed by atoms with E-state index in [-0.39, 0.29) is 37.0 Å². The van der Waals surface area contributed by atoms with E-state index < -0.39 is 9.84 Å². The predicted molar refractivity (Wildman–Crippen MR) is 67.8 cm³/mol. The molecule has 0 radical (unpaired) electrons. The maximum Gasteiger partial charge on any atom is 0.244 e. The van der Waals surface area contributed by atoms with E-state index in [1.165, 1.54) is 4.68 Å². The lowest BCUT2D eigenvalue weighted by Crippen LogP contribution is -2.36. The number of hydrogen-bond donors (Lipinski definition) is 1. The summed E-state index contributed by atoms with van der Waals surface area (Å²) in [6.45, 7) is 1.05. The zero-order chi connectivity index (χ0) is 13.9. The molecule has 1 aliphatic heterocycles. The monoisotopic (exact) mass is 287 g/mol. The van der Waals surface area contributed by atoms with Crippen molar-refractivity contribution in [2.24, 2.45) is 5.73 Å². The van der Waals surface area contributed by atoms with Crippen molar-refractivity contribution < 1.29 is 13.2 Å². The highest BCUT2D eigenvalue weighted by molar-refractivity contribution is 7.91. The van der Waals surface area contributed by atoms with Gasteiger partial charge in [-0.15, -0.1) is 5.10 Å². The van der Waals surface area contributed by atoms with E-state index in [0.717, 1.165) is 0 Å². The van der Waals surface area contributed by atoms with Crippen molar-refractivity contribution in [3.8, 4) is 0 Å². The molecule has 2 heterocycles. The Morgan fingerprint density at radius 1 is 1.37 bits per heavy atom. The Labute approximate surface area is 111 Å². The number of nitrogens with two attached hydrogens (primary N) is 1. The second-order valence-corrected chi connectivity index (χ2v) is 6.80. The molecule has 19 heavy (non-hydrogen) atoms. The topological polar surface area (TPSA) is 111 Å². The van der Waals surface area contributed by atoms with Gasteiger partial charge in [0.1, 0.15) is 6.54 Å². The number of amides is 1. The highest BCUT2D eigenvalue weighted by Crippen LogP contribution is 2.06. The van der Waals surface area contributed by atoms with Crippen molar-refractivity contribution in [2.75, 3.05) is 24.6 Å². The Kier molecular flexibility index (Phi) is 4.15. The molecule has 8 nitrogen and oxygen atoms in total. The quantitative estimate of drug-likeness (QED) is 0.715. The third-order valence-electron chi connectivity index (χ3n) is 3.00. The van der Waals surface area contributed by atoms with Crippen LogP contribution in [0.2, 0.25) is 0 Å². The van der Waals surface area contributed by atoms with E-state index in [4.69, 9.17) is 5.73 Å². The molecule has 1 fully saturated rings. The van der Waals surface area contributed by atoms with Crippen LogP contribution in [0.3, 0.4) is 0 Å². The van der Waals surface area contributed by atoms with Gasteiger partial charge in [0.2, 0.25) is 5.91 Å². The molecule has 0 unspecified atom stereocenters. The molecular weight excluding hydrogens is 270 g/mol. The van der Waals surface area contributed by atoms with Crippen molar-refractivity contribution in [3.63, 3.8) is 0 Å². The number of nitrogens with zero attached hydrogens (tertiary/aromatic N) is 4. The predicted octanol–water partition coefficient (Wildman–Crippen LogP) is -1.62. The minimum absolute atomic E-state index is 0.0319. The molecule has 0 bridgehead atoms. The molecule has 1 amide bonds. The summed E-state index contributed by atoms with van der Waals surface area (Å²) < 4.78 is 24.3. The third-order valence-corrected chi connectivity index (χ3v) is 4.72. The average molecular weight is 287 g/mol. The Hall–Kier alpha value is -1.48. The SMILES string of the molecule is NCc1cn(CC(=O)N2CCCS(=O)(=O)CC2)nn1. The van der Waals surface area contributed by atoms with Gasteiger partial charge in [-0.3, -0.25) is 4.79 Å². The van der Waals surface area contributed by atoms with E-state index in [1.54, 1.807) is 11.1 Å². The molecule has 0 atom stereocenters. The van der Waals surface area contributed by atoms with E-state index in [0.29, 0.717) is 18.7 Å². The van der Waals surface area contributed by atoms with Gasteiger partial charge in [0.15, 0.2) is 9.84 Å². The number of hydrogen-bond acceptors (Lipinski definition) is 6. The van der Waals surface area contributed by atoms with Crippen LogP contribution < -0.4 is 5.73 Å². The summed E-state index contributed by atoms with van der Waals surface area (Å²) in [5.41, 5.74) is 6.03. The highest BCUT2D eigenvalue weighted by Gasteiger charge is 2.22. The van der Waals surface area contributed by atoms with Gasteiger partial charge in [0.25, 0.3) is 0 Å². The summed E-state index contributed by atoms with van der Waals surface area (Å²) in [7, 11) is -3.00. The fourth-order valence-corrected chi connectivity index (χ4v) is 3.21. The molecule has 9 heteroatoms. The van der Waals surface area contributed by atoms with Crippen LogP contribution in [0.4, 0.5) is 0 Å². The summed E-state index contributed by atoms with van der Waals surface area (Å²) >= 11 is 0. The lowest BCUT2D eigenvalue weighted by molar-refractivity contribution is -0.131. The van der Waals surface area contributed by atoms with Gasteiger partial charge < -0.3 is 10.6 Å². The van der Waals surface area contributed by atoms with E-state index in [9.17, 15) is 13.2 Å². The second-order valence-electron chi connectivity index (χ2n) is 4.50. The van der Waals surface area contributed by atoms with Crippen LogP contribution in [0.1, 0.15) is 12.1 Å². The highest BCUT2D eigenvalue weighted by atomic mass is 32.2. The summed E-state index contributed by atoms with van der Waals surface area (Å²) in [6, 6.07) is 0. The maximum absolute atomic E-state index is 12.0. The molecule has 2 rings (SSSR count). The lowest BCUT2D eigenvalue weighted by atomic mass is 10.4. The van der Waals surface area contributed by atoms with Crippen molar-refractivity contribution in [1.82, 2.24) is 19.9 Å². The van der Waals surface area contributed by atoms with Crippen molar-refractivity contribution in [1.29, 1.82) is 0 Å². The van der Waals surface area contributed by atoms with Gasteiger partial charge in [-0.05, 0) is 6.42 Å². The average Bonchev–Trinajstić information content (AvgIpc) is 2.72. The first-order chi connectivity index (χ1) is 9.00. The molecule has 1 aliphatic rings. The first kappa shape index (κ1) is 13.9. The molecular formula is C10H17N5O3S. The van der Waals surface area contributed by atoms with Crippen LogP contribution in [-0.2, 0) is 27.7 Å². The number of rotatable bonds is 3. The number of carbonyl (C=O) groups excluding carboxylic acids is 1. The Morgan fingerprint density at radius 2 is 2.16 bits per heavy atom. The van der Waals surface area contributed by atoms with E-state index >= 15 is 0 Å². The molecule has 0 aliphatic carbocycles. The van der Waals surface area contributed by atoms with Crippen molar-refractivity contribution >= 4 is 15.7 Å². The zero-order valence-corrected chi connectivity index (χ0v) is 11.3. The minimum Gasteiger partial charge on any atom is -0.340 e. The molecule has 106 valence electrons. The number of carbonyl (C=O) groups is 1. The summed E-state index contributed by atoms with van der Waals surface area (Å²) in [4.78, 5) is 13.6. The van der Waals surface area contributed by atoms with E-state index in [1.807, 2.05) is 0 Å². The molecule has 1 saturated heterocycles. The first-order valence-corrected chi connectivity index (χ1v) is 7.89. The van der Waals surface area contributed by atoms with Crippen molar-refractivity contribution in [3.05, 3.63) is 11.9 Å². The molecule has 0 aromatic carbocycles. The molecule has 1 aromatic heterocycles. The fraction of sp³-hybridized carbons (Fsp3) is 0.700. The van der Waals surface area contributed by atoms with Crippen LogP contribution in [-0.4, -0.2) is 58.8 Å². The molecule has 2 N–H and O–H groups in total. The Morgan fingerprint density at radius 3 is 2.84 bits per heavy atom. The van der Waals surface area contributed by atoms with Crippen LogP contribution in [0.15, 0.2) is 6.20 Å². The van der Waals surface area contributed by atoms with Crippen molar-refractivity contribution in [2.45, 2.75) is 19.5 Å².